The van der Waals surface area contributed by atoms with Crippen LogP contribution in [0.5, 0.6) is 0 Å². The van der Waals surface area contributed by atoms with Gasteiger partial charge in [-0.15, -0.1) is 11.8 Å². The number of amides is 1. The van der Waals surface area contributed by atoms with Gasteiger partial charge in [0, 0.05) is 11.4 Å². The van der Waals surface area contributed by atoms with Gasteiger partial charge in [-0.25, -0.2) is 4.39 Å². The Morgan fingerprint density at radius 2 is 2.05 bits per heavy atom. The largest absolute Gasteiger partial charge is 0.468 e. The number of likely N-dealkylation sites (N-methyl/N-ethyl adjacent to an activating group) is 1. The van der Waals surface area contributed by atoms with Crippen LogP contribution in [0, 0.1) is 5.82 Å². The first-order chi connectivity index (χ1) is 9.08. The monoisotopic (exact) mass is 285 g/mol. The minimum atomic E-state index is -0.467. The molecule has 0 bridgehead atoms. The molecule has 6 heteroatoms. The second-order valence-corrected chi connectivity index (χ2v) is 4.72. The molecule has 0 aliphatic heterocycles. The van der Waals surface area contributed by atoms with Crippen LogP contribution in [0.2, 0.25) is 0 Å². The topological polar surface area (TPSA) is 46.6 Å². The molecule has 0 radical (unpaired) electrons. The van der Waals surface area contributed by atoms with Crippen molar-refractivity contribution in [2.75, 3.05) is 26.0 Å². The van der Waals surface area contributed by atoms with Crippen molar-refractivity contribution in [2.24, 2.45) is 0 Å². The maximum Gasteiger partial charge on any atom is 0.325 e. The fraction of sp³-hybridized carbons (Fsp3) is 0.385. The lowest BCUT2D eigenvalue weighted by molar-refractivity contribution is -0.146. The molecule has 104 valence electrons. The smallest absolute Gasteiger partial charge is 0.325 e. The van der Waals surface area contributed by atoms with Gasteiger partial charge in [-0.1, -0.05) is 12.1 Å². The van der Waals surface area contributed by atoms with Crippen LogP contribution < -0.4 is 0 Å². The van der Waals surface area contributed by atoms with E-state index in [4.69, 9.17) is 0 Å². The zero-order valence-electron chi connectivity index (χ0n) is 10.9. The molecule has 0 spiro atoms. The molecule has 0 heterocycles. The number of halogens is 1. The molecule has 0 atom stereocenters. The zero-order valence-corrected chi connectivity index (χ0v) is 11.7. The van der Waals surface area contributed by atoms with Gasteiger partial charge in [0.15, 0.2) is 0 Å². The van der Waals surface area contributed by atoms with Crippen LogP contribution >= 0.6 is 11.8 Å². The predicted molar refractivity (Wildman–Crippen MR) is 71.4 cm³/mol. The van der Waals surface area contributed by atoms with Gasteiger partial charge in [0.25, 0.3) is 0 Å². The van der Waals surface area contributed by atoms with Crippen molar-refractivity contribution < 1.29 is 18.7 Å². The quantitative estimate of drug-likeness (QED) is 0.592. The average molecular weight is 285 g/mol. The zero-order chi connectivity index (χ0) is 14.3. The lowest BCUT2D eigenvalue weighted by atomic mass is 10.3. The molecule has 1 amide bonds. The molecule has 0 unspecified atom stereocenters. The number of rotatable bonds is 6. The molecular weight excluding hydrogens is 269 g/mol. The minimum absolute atomic E-state index is 0.0797. The maximum absolute atomic E-state index is 13.4. The molecule has 0 aliphatic carbocycles. The van der Waals surface area contributed by atoms with Gasteiger partial charge in [0.05, 0.1) is 12.9 Å². The Kier molecular flexibility index (Phi) is 6.35. The summed E-state index contributed by atoms with van der Waals surface area (Å²) in [5.41, 5.74) is 0. The number of carbonyl (C=O) groups excluding carboxylic acids is 2. The number of carbonyl (C=O) groups is 2. The molecule has 0 fully saturated rings. The van der Waals surface area contributed by atoms with Gasteiger partial charge in [-0.3, -0.25) is 9.59 Å². The molecule has 0 aliphatic rings. The Bertz CT molecular complexity index is 453. The Hall–Kier alpha value is -1.56. The Morgan fingerprint density at radius 1 is 1.37 bits per heavy atom. The number of methoxy groups -OCH3 is 1. The van der Waals surface area contributed by atoms with Crippen molar-refractivity contribution in [3.8, 4) is 0 Å². The summed E-state index contributed by atoms with van der Waals surface area (Å²) in [5.74, 6) is -0.949. The van der Waals surface area contributed by atoms with E-state index in [1.165, 1.54) is 18.1 Å². The molecule has 1 rings (SSSR count). The number of ether oxygens (including phenoxy) is 1. The summed E-state index contributed by atoms with van der Waals surface area (Å²) >= 11 is 1.12. The highest BCUT2D eigenvalue weighted by Crippen LogP contribution is 2.21. The van der Waals surface area contributed by atoms with Gasteiger partial charge in [-0.2, -0.15) is 0 Å². The third-order valence-electron chi connectivity index (χ3n) is 2.47. The first-order valence-electron chi connectivity index (χ1n) is 5.80. The molecule has 0 saturated carbocycles. The summed E-state index contributed by atoms with van der Waals surface area (Å²) in [6.45, 7) is 2.10. The number of nitrogens with zero attached hydrogens (tertiary/aromatic N) is 1. The van der Waals surface area contributed by atoms with Gasteiger partial charge >= 0.3 is 5.97 Å². The molecule has 0 N–H and O–H groups in total. The Morgan fingerprint density at radius 3 is 2.63 bits per heavy atom. The van der Waals surface area contributed by atoms with Crippen LogP contribution in [0.25, 0.3) is 0 Å². The van der Waals surface area contributed by atoms with Crippen LogP contribution in [0.1, 0.15) is 6.92 Å². The molecule has 1 aromatic rings. The fourth-order valence-corrected chi connectivity index (χ4v) is 2.23. The number of thioether (sulfide) groups is 1. The summed E-state index contributed by atoms with van der Waals surface area (Å²) in [5, 5.41) is 0. The van der Waals surface area contributed by atoms with Crippen molar-refractivity contribution in [3.05, 3.63) is 30.1 Å². The van der Waals surface area contributed by atoms with Crippen molar-refractivity contribution in [2.45, 2.75) is 11.8 Å². The van der Waals surface area contributed by atoms with E-state index in [0.29, 0.717) is 11.4 Å². The van der Waals surface area contributed by atoms with E-state index in [9.17, 15) is 14.0 Å². The highest BCUT2D eigenvalue weighted by Gasteiger charge is 2.16. The average Bonchev–Trinajstić information content (AvgIpc) is 2.43. The summed E-state index contributed by atoms with van der Waals surface area (Å²) < 4.78 is 17.9. The van der Waals surface area contributed by atoms with Gasteiger partial charge < -0.3 is 9.64 Å². The van der Waals surface area contributed by atoms with Crippen LogP contribution in [0.15, 0.2) is 29.2 Å². The molecule has 4 nitrogen and oxygen atoms in total. The third-order valence-corrected chi connectivity index (χ3v) is 3.50. The van der Waals surface area contributed by atoms with Gasteiger partial charge in [0.1, 0.15) is 12.4 Å². The lowest BCUT2D eigenvalue weighted by Gasteiger charge is -2.19. The van der Waals surface area contributed by atoms with Crippen LogP contribution in [-0.2, 0) is 14.3 Å². The summed E-state index contributed by atoms with van der Waals surface area (Å²) in [6, 6.07) is 6.27. The number of benzene rings is 1. The molecular formula is C13H16FNO3S. The van der Waals surface area contributed by atoms with E-state index in [1.54, 1.807) is 25.1 Å². The van der Waals surface area contributed by atoms with E-state index < -0.39 is 5.97 Å². The summed E-state index contributed by atoms with van der Waals surface area (Å²) in [4.78, 5) is 24.8. The summed E-state index contributed by atoms with van der Waals surface area (Å²) in [6.07, 6.45) is 0. The number of hydrogen-bond acceptors (Lipinski definition) is 4. The van der Waals surface area contributed by atoms with E-state index in [0.717, 1.165) is 11.8 Å². The van der Waals surface area contributed by atoms with Gasteiger partial charge in [-0.05, 0) is 19.1 Å². The Labute approximate surface area is 115 Å². The SMILES string of the molecule is CCN(CC(=O)OC)C(=O)CSc1ccccc1F. The first kappa shape index (κ1) is 15.5. The van der Waals surface area contributed by atoms with E-state index in [1.807, 2.05) is 0 Å². The lowest BCUT2D eigenvalue weighted by Crippen LogP contribution is -2.37. The van der Waals surface area contributed by atoms with E-state index in [-0.39, 0.29) is 24.0 Å². The molecule has 0 aromatic heterocycles. The number of esters is 1. The van der Waals surface area contributed by atoms with E-state index >= 15 is 0 Å². The van der Waals surface area contributed by atoms with Crippen molar-refractivity contribution >= 4 is 23.6 Å². The first-order valence-corrected chi connectivity index (χ1v) is 6.79. The fourth-order valence-electron chi connectivity index (χ4n) is 1.39. The second kappa shape index (κ2) is 7.78. The second-order valence-electron chi connectivity index (χ2n) is 3.70. The normalized spacial score (nSPS) is 10.1. The molecule has 1 aromatic carbocycles. The maximum atomic E-state index is 13.4. The molecule has 19 heavy (non-hydrogen) atoms. The van der Waals surface area contributed by atoms with Crippen LogP contribution in [0.4, 0.5) is 4.39 Å². The van der Waals surface area contributed by atoms with Crippen LogP contribution in [0.3, 0.4) is 0 Å². The van der Waals surface area contributed by atoms with Crippen molar-refractivity contribution in [3.63, 3.8) is 0 Å². The third kappa shape index (κ3) is 4.90. The van der Waals surface area contributed by atoms with E-state index in [2.05, 4.69) is 4.74 Å². The Balaban J connectivity index is 2.54. The highest BCUT2D eigenvalue weighted by molar-refractivity contribution is 8.00. The van der Waals surface area contributed by atoms with Gasteiger partial charge in [0.2, 0.25) is 5.91 Å². The number of hydrogen-bond donors (Lipinski definition) is 0. The highest BCUT2D eigenvalue weighted by atomic mass is 32.2. The summed E-state index contributed by atoms with van der Waals surface area (Å²) in [7, 11) is 1.27. The van der Waals surface area contributed by atoms with Crippen molar-refractivity contribution in [1.82, 2.24) is 4.90 Å². The van der Waals surface area contributed by atoms with Crippen molar-refractivity contribution in [1.29, 1.82) is 0 Å². The molecule has 0 saturated heterocycles. The minimum Gasteiger partial charge on any atom is -0.468 e. The standard InChI is InChI=1S/C13H16FNO3S/c1-3-15(8-13(17)18-2)12(16)9-19-11-7-5-4-6-10(11)14/h4-7H,3,8-9H2,1-2H3. The van der Waals surface area contributed by atoms with Crippen LogP contribution in [-0.4, -0.2) is 42.7 Å². The predicted octanol–water partition coefficient (Wildman–Crippen LogP) is 1.94.